The summed E-state index contributed by atoms with van der Waals surface area (Å²) in [5, 5.41) is 6.87. The monoisotopic (exact) mass is 364 g/mol. The molecule has 0 saturated heterocycles. The summed E-state index contributed by atoms with van der Waals surface area (Å²) >= 11 is 0. The third-order valence-corrected chi connectivity index (χ3v) is 4.77. The summed E-state index contributed by atoms with van der Waals surface area (Å²) in [6.07, 6.45) is 0. The molecule has 3 rings (SSSR count). The molecular weight excluding hydrogens is 340 g/mol. The van der Waals surface area contributed by atoms with Crippen LogP contribution in [-0.2, 0) is 6.61 Å². The molecule has 1 heterocycles. The summed E-state index contributed by atoms with van der Waals surface area (Å²) in [7, 11) is 0. The molecule has 0 atom stereocenters. The number of hydrogen-bond donors (Lipinski definition) is 1. The molecule has 0 aliphatic rings. The number of anilines is 1. The lowest BCUT2D eigenvalue weighted by molar-refractivity contribution is 0.101. The van der Waals surface area contributed by atoms with Crippen LogP contribution in [0.4, 0.5) is 5.69 Å². The molecule has 1 amide bonds. The number of carbonyl (C=O) groups excluding carboxylic acids is 1. The van der Waals surface area contributed by atoms with Gasteiger partial charge < -0.3 is 14.6 Å². The van der Waals surface area contributed by atoms with Gasteiger partial charge in [-0.3, -0.25) is 4.79 Å². The smallest absolute Gasteiger partial charge is 0.278 e. The molecule has 1 aromatic heterocycles. The molecule has 2 aromatic carbocycles. The second kappa shape index (κ2) is 7.66. The molecule has 1 N–H and O–H groups in total. The Kier molecular flexibility index (Phi) is 5.31. The molecule has 27 heavy (non-hydrogen) atoms. The van der Waals surface area contributed by atoms with Crippen molar-refractivity contribution in [3.8, 4) is 5.75 Å². The lowest BCUT2D eigenvalue weighted by atomic mass is 10.1. The van der Waals surface area contributed by atoms with Gasteiger partial charge in [0.15, 0.2) is 5.69 Å². The summed E-state index contributed by atoms with van der Waals surface area (Å²) in [5.41, 5.74) is 5.96. The molecule has 0 saturated carbocycles. The molecule has 140 valence electrons. The first-order chi connectivity index (χ1) is 12.9. The fourth-order valence-corrected chi connectivity index (χ4v) is 2.82. The van der Waals surface area contributed by atoms with E-state index in [2.05, 4.69) is 10.5 Å². The predicted molar refractivity (Wildman–Crippen MR) is 105 cm³/mol. The van der Waals surface area contributed by atoms with Gasteiger partial charge in [0, 0.05) is 5.69 Å². The van der Waals surface area contributed by atoms with Crippen molar-refractivity contribution >= 4 is 11.6 Å². The molecular formula is C22H24N2O3. The minimum absolute atomic E-state index is 0.217. The summed E-state index contributed by atoms with van der Waals surface area (Å²) in [6, 6.07) is 11.8. The molecule has 5 nitrogen and oxygen atoms in total. The van der Waals surface area contributed by atoms with Crippen molar-refractivity contribution in [2.45, 2.75) is 41.2 Å². The number of aromatic nitrogens is 1. The Morgan fingerprint density at radius 2 is 1.85 bits per heavy atom. The van der Waals surface area contributed by atoms with Gasteiger partial charge in [-0.05, 0) is 69.0 Å². The maximum absolute atomic E-state index is 12.8. The van der Waals surface area contributed by atoms with Crippen LogP contribution in [0.5, 0.6) is 5.75 Å². The van der Waals surface area contributed by atoms with Crippen LogP contribution in [0.15, 0.2) is 40.9 Å². The zero-order valence-corrected chi connectivity index (χ0v) is 16.3. The highest BCUT2D eigenvalue weighted by atomic mass is 16.5. The molecule has 3 aromatic rings. The Bertz CT molecular complexity index is 989. The molecule has 0 spiro atoms. The van der Waals surface area contributed by atoms with Gasteiger partial charge in [0.25, 0.3) is 5.91 Å². The summed E-state index contributed by atoms with van der Waals surface area (Å²) in [6.45, 7) is 9.99. The Morgan fingerprint density at radius 1 is 1.07 bits per heavy atom. The third-order valence-electron chi connectivity index (χ3n) is 4.77. The lowest BCUT2D eigenvalue weighted by Gasteiger charge is -2.11. The second-order valence-electron chi connectivity index (χ2n) is 6.83. The summed E-state index contributed by atoms with van der Waals surface area (Å²) in [4.78, 5) is 12.8. The van der Waals surface area contributed by atoms with Crippen molar-refractivity contribution in [1.82, 2.24) is 5.16 Å². The zero-order valence-electron chi connectivity index (χ0n) is 16.3. The zero-order chi connectivity index (χ0) is 19.6. The van der Waals surface area contributed by atoms with Crippen LogP contribution in [0.2, 0.25) is 0 Å². The first-order valence-electron chi connectivity index (χ1n) is 8.89. The van der Waals surface area contributed by atoms with E-state index in [4.69, 9.17) is 9.26 Å². The standard InChI is InChI=1S/C22H24N2O3/c1-13-9-10-15(3)20(11-13)26-12-18-17(5)27-24-21(18)22(25)23-19-8-6-7-14(2)16(19)4/h6-11H,12H2,1-5H3,(H,23,25). The van der Waals surface area contributed by atoms with Crippen molar-refractivity contribution in [2.24, 2.45) is 0 Å². The molecule has 0 aliphatic heterocycles. The van der Waals surface area contributed by atoms with E-state index in [0.717, 1.165) is 33.7 Å². The fourth-order valence-electron chi connectivity index (χ4n) is 2.82. The average molecular weight is 364 g/mol. The molecule has 0 aliphatic carbocycles. The highest BCUT2D eigenvalue weighted by molar-refractivity contribution is 6.04. The first-order valence-corrected chi connectivity index (χ1v) is 8.89. The van der Waals surface area contributed by atoms with Crippen molar-refractivity contribution in [3.63, 3.8) is 0 Å². The number of aryl methyl sites for hydroxylation is 4. The van der Waals surface area contributed by atoms with Crippen molar-refractivity contribution in [2.75, 3.05) is 5.32 Å². The van der Waals surface area contributed by atoms with Crippen LogP contribution in [0.3, 0.4) is 0 Å². The van der Waals surface area contributed by atoms with Gasteiger partial charge in [0.05, 0.1) is 5.56 Å². The van der Waals surface area contributed by atoms with Gasteiger partial charge in [-0.25, -0.2) is 0 Å². The van der Waals surface area contributed by atoms with E-state index in [1.807, 2.05) is 64.1 Å². The Balaban J connectivity index is 1.80. The second-order valence-corrected chi connectivity index (χ2v) is 6.83. The third kappa shape index (κ3) is 4.03. The maximum atomic E-state index is 12.8. The Morgan fingerprint density at radius 3 is 2.63 bits per heavy atom. The molecule has 5 heteroatoms. The van der Waals surface area contributed by atoms with E-state index < -0.39 is 0 Å². The number of benzene rings is 2. The topological polar surface area (TPSA) is 64.4 Å². The first kappa shape index (κ1) is 18.7. The van der Waals surface area contributed by atoms with Crippen LogP contribution >= 0.6 is 0 Å². The number of hydrogen-bond acceptors (Lipinski definition) is 4. The van der Waals surface area contributed by atoms with Gasteiger partial charge >= 0.3 is 0 Å². The van der Waals surface area contributed by atoms with Gasteiger partial charge in [0.2, 0.25) is 0 Å². The number of rotatable bonds is 5. The Labute approximate surface area is 159 Å². The quantitative estimate of drug-likeness (QED) is 0.688. The van der Waals surface area contributed by atoms with E-state index in [9.17, 15) is 4.79 Å². The average Bonchev–Trinajstić information content (AvgIpc) is 3.00. The number of amides is 1. The largest absolute Gasteiger partial charge is 0.488 e. The number of ether oxygens (including phenoxy) is 1. The van der Waals surface area contributed by atoms with Crippen molar-refractivity contribution < 1.29 is 14.1 Å². The van der Waals surface area contributed by atoms with Crippen molar-refractivity contribution in [3.05, 3.63) is 75.7 Å². The summed E-state index contributed by atoms with van der Waals surface area (Å²) < 4.78 is 11.2. The van der Waals surface area contributed by atoms with Crippen molar-refractivity contribution in [1.29, 1.82) is 0 Å². The van der Waals surface area contributed by atoms with E-state index in [1.54, 1.807) is 6.92 Å². The predicted octanol–water partition coefficient (Wildman–Crippen LogP) is 5.05. The van der Waals surface area contributed by atoms with E-state index in [0.29, 0.717) is 11.3 Å². The van der Waals surface area contributed by atoms with Crippen LogP contribution in [0.25, 0.3) is 0 Å². The molecule has 0 bridgehead atoms. The minimum atomic E-state index is -0.305. The van der Waals surface area contributed by atoms with Crippen LogP contribution in [0, 0.1) is 34.6 Å². The summed E-state index contributed by atoms with van der Waals surface area (Å²) in [5.74, 6) is 1.06. The van der Waals surface area contributed by atoms with E-state index in [1.165, 1.54) is 0 Å². The van der Waals surface area contributed by atoms with Gasteiger partial charge in [-0.15, -0.1) is 0 Å². The van der Waals surface area contributed by atoms with E-state index in [-0.39, 0.29) is 18.2 Å². The number of nitrogens with one attached hydrogen (secondary N) is 1. The molecule has 0 radical (unpaired) electrons. The molecule has 0 unspecified atom stereocenters. The normalized spacial score (nSPS) is 10.7. The highest BCUT2D eigenvalue weighted by Crippen LogP contribution is 2.24. The van der Waals surface area contributed by atoms with E-state index >= 15 is 0 Å². The maximum Gasteiger partial charge on any atom is 0.278 e. The van der Waals surface area contributed by atoms with Gasteiger partial charge in [-0.1, -0.05) is 29.4 Å². The van der Waals surface area contributed by atoms with Gasteiger partial charge in [-0.2, -0.15) is 0 Å². The lowest BCUT2D eigenvalue weighted by Crippen LogP contribution is -2.16. The van der Waals surface area contributed by atoms with Crippen LogP contribution in [0.1, 0.15) is 44.1 Å². The number of carbonyl (C=O) groups is 1. The minimum Gasteiger partial charge on any atom is -0.488 e. The Hall–Kier alpha value is -3.08. The SMILES string of the molecule is Cc1ccc(C)c(OCc2c(C(=O)Nc3cccc(C)c3C)noc2C)c1. The van der Waals surface area contributed by atoms with Crippen LogP contribution in [-0.4, -0.2) is 11.1 Å². The number of nitrogens with zero attached hydrogens (tertiary/aromatic N) is 1. The van der Waals surface area contributed by atoms with Crippen LogP contribution < -0.4 is 10.1 Å². The highest BCUT2D eigenvalue weighted by Gasteiger charge is 2.21. The van der Waals surface area contributed by atoms with Gasteiger partial charge in [0.1, 0.15) is 18.1 Å². The molecule has 0 fully saturated rings. The fraction of sp³-hybridized carbons (Fsp3) is 0.273.